The van der Waals surface area contributed by atoms with E-state index in [0.29, 0.717) is 0 Å². The molecule has 0 radical (unpaired) electrons. The van der Waals surface area contributed by atoms with Gasteiger partial charge in [-0.05, 0) is 13.0 Å². The Bertz CT molecular complexity index is 361. The number of carbonyl (C=O) groups excluding carboxylic acids is 1. The third kappa shape index (κ3) is 2.80. The smallest absolute Gasteiger partial charge is 0.331 e. The average molecular weight is 211 g/mol. The van der Waals surface area contributed by atoms with Crippen LogP contribution >= 0.6 is 0 Å². The van der Waals surface area contributed by atoms with Crippen LogP contribution in [0.3, 0.4) is 0 Å². The molecule has 15 heavy (non-hydrogen) atoms. The van der Waals surface area contributed by atoms with Gasteiger partial charge in [-0.2, -0.15) is 5.10 Å². The fraction of sp³-hybridized carbons (Fsp3) is 0.444. The van der Waals surface area contributed by atoms with Crippen molar-refractivity contribution >= 4 is 11.9 Å². The summed E-state index contributed by atoms with van der Waals surface area (Å²) in [4.78, 5) is 21.9. The molecule has 0 saturated heterocycles. The standard InChI is InChI=1S/C9H13N3O3/c1-7(13)11-9(2,8(14)15)6-12-5-3-4-10-12/h3-5H,6H2,1-2H3,(H,11,13)(H,14,15). The molecular formula is C9H13N3O3. The maximum absolute atomic E-state index is 11.0. The average Bonchev–Trinajstić information content (AvgIpc) is 2.54. The van der Waals surface area contributed by atoms with Crippen LogP contribution in [-0.4, -0.2) is 32.3 Å². The number of nitrogens with zero attached hydrogens (tertiary/aromatic N) is 2. The quantitative estimate of drug-likeness (QED) is 0.726. The van der Waals surface area contributed by atoms with Gasteiger partial charge in [0, 0.05) is 19.3 Å². The van der Waals surface area contributed by atoms with Gasteiger partial charge in [0.2, 0.25) is 5.91 Å². The predicted octanol–water partition coefficient (Wildman–Crippen LogP) is -0.138. The highest BCUT2D eigenvalue weighted by molar-refractivity contribution is 5.85. The van der Waals surface area contributed by atoms with Gasteiger partial charge < -0.3 is 10.4 Å². The van der Waals surface area contributed by atoms with Crippen molar-refractivity contribution in [2.24, 2.45) is 0 Å². The molecular weight excluding hydrogens is 198 g/mol. The molecule has 0 saturated carbocycles. The number of aromatic nitrogens is 2. The highest BCUT2D eigenvalue weighted by Gasteiger charge is 2.34. The van der Waals surface area contributed by atoms with E-state index in [9.17, 15) is 9.59 Å². The normalized spacial score (nSPS) is 14.3. The number of amides is 1. The summed E-state index contributed by atoms with van der Waals surface area (Å²) < 4.78 is 1.46. The molecule has 1 unspecified atom stereocenters. The molecule has 0 aliphatic carbocycles. The van der Waals surface area contributed by atoms with Crippen LogP contribution < -0.4 is 5.32 Å². The largest absolute Gasteiger partial charge is 0.479 e. The molecule has 1 atom stereocenters. The van der Waals surface area contributed by atoms with Crippen molar-refractivity contribution in [1.82, 2.24) is 15.1 Å². The zero-order valence-electron chi connectivity index (χ0n) is 8.60. The number of nitrogens with one attached hydrogen (secondary N) is 1. The van der Waals surface area contributed by atoms with E-state index in [1.807, 2.05) is 0 Å². The number of rotatable bonds is 4. The molecule has 6 nitrogen and oxygen atoms in total. The molecule has 1 rings (SSSR count). The first-order valence-electron chi connectivity index (χ1n) is 4.43. The van der Waals surface area contributed by atoms with E-state index < -0.39 is 11.5 Å². The zero-order valence-corrected chi connectivity index (χ0v) is 8.60. The van der Waals surface area contributed by atoms with Gasteiger partial charge >= 0.3 is 5.97 Å². The molecule has 0 fully saturated rings. The SMILES string of the molecule is CC(=O)NC(C)(Cn1cccn1)C(=O)O. The van der Waals surface area contributed by atoms with Crippen molar-refractivity contribution in [3.63, 3.8) is 0 Å². The van der Waals surface area contributed by atoms with Crippen LogP contribution in [-0.2, 0) is 16.1 Å². The van der Waals surface area contributed by atoms with Crippen LogP contribution in [0.25, 0.3) is 0 Å². The summed E-state index contributed by atoms with van der Waals surface area (Å²) in [6.45, 7) is 2.82. The van der Waals surface area contributed by atoms with Gasteiger partial charge in [-0.3, -0.25) is 9.48 Å². The first-order chi connectivity index (χ1) is 6.94. The van der Waals surface area contributed by atoms with E-state index in [2.05, 4.69) is 10.4 Å². The van der Waals surface area contributed by atoms with Gasteiger partial charge in [0.25, 0.3) is 0 Å². The first-order valence-corrected chi connectivity index (χ1v) is 4.43. The molecule has 0 spiro atoms. The summed E-state index contributed by atoms with van der Waals surface area (Å²) in [7, 11) is 0. The molecule has 6 heteroatoms. The van der Waals surface area contributed by atoms with Crippen molar-refractivity contribution in [2.75, 3.05) is 0 Å². The molecule has 0 aromatic carbocycles. The Morgan fingerprint density at radius 1 is 1.60 bits per heavy atom. The second-order valence-corrected chi connectivity index (χ2v) is 3.52. The number of hydrogen-bond acceptors (Lipinski definition) is 3. The van der Waals surface area contributed by atoms with E-state index in [1.54, 1.807) is 18.5 Å². The Hall–Kier alpha value is -1.85. The Kier molecular flexibility index (Phi) is 3.08. The lowest BCUT2D eigenvalue weighted by molar-refractivity contribution is -0.147. The fourth-order valence-corrected chi connectivity index (χ4v) is 1.27. The summed E-state index contributed by atoms with van der Waals surface area (Å²) in [6, 6.07) is 1.69. The molecule has 1 amide bonds. The maximum Gasteiger partial charge on any atom is 0.331 e. The van der Waals surface area contributed by atoms with Crippen LogP contribution in [0.2, 0.25) is 0 Å². The second kappa shape index (κ2) is 4.12. The number of carboxylic acid groups (broad SMARTS) is 1. The van der Waals surface area contributed by atoms with Gasteiger partial charge in [0.1, 0.15) is 0 Å². The van der Waals surface area contributed by atoms with Gasteiger partial charge in [-0.15, -0.1) is 0 Å². The topological polar surface area (TPSA) is 84.2 Å². The van der Waals surface area contributed by atoms with Crippen LogP contribution in [0.15, 0.2) is 18.5 Å². The van der Waals surface area contributed by atoms with Crippen molar-refractivity contribution in [1.29, 1.82) is 0 Å². The van der Waals surface area contributed by atoms with Crippen molar-refractivity contribution in [2.45, 2.75) is 25.9 Å². The van der Waals surface area contributed by atoms with Crippen LogP contribution in [0.1, 0.15) is 13.8 Å². The van der Waals surface area contributed by atoms with Crippen molar-refractivity contribution in [3.05, 3.63) is 18.5 Å². The lowest BCUT2D eigenvalue weighted by atomic mass is 10.0. The first kappa shape index (κ1) is 11.2. The lowest BCUT2D eigenvalue weighted by Gasteiger charge is -2.25. The van der Waals surface area contributed by atoms with Crippen LogP contribution in [0.4, 0.5) is 0 Å². The van der Waals surface area contributed by atoms with Gasteiger partial charge in [0.15, 0.2) is 5.54 Å². The molecule has 2 N–H and O–H groups in total. The highest BCUT2D eigenvalue weighted by Crippen LogP contribution is 2.07. The van der Waals surface area contributed by atoms with Crippen LogP contribution in [0.5, 0.6) is 0 Å². The molecule has 1 aromatic heterocycles. The molecule has 1 aromatic rings. The highest BCUT2D eigenvalue weighted by atomic mass is 16.4. The van der Waals surface area contributed by atoms with Gasteiger partial charge in [0.05, 0.1) is 6.54 Å². The van der Waals surface area contributed by atoms with Gasteiger partial charge in [-0.1, -0.05) is 0 Å². The number of carboxylic acids is 1. The Labute approximate surface area is 86.9 Å². The van der Waals surface area contributed by atoms with E-state index >= 15 is 0 Å². The fourth-order valence-electron chi connectivity index (χ4n) is 1.27. The maximum atomic E-state index is 11.0. The van der Waals surface area contributed by atoms with E-state index in [1.165, 1.54) is 18.5 Å². The molecule has 0 bridgehead atoms. The number of carbonyl (C=O) groups is 2. The Morgan fingerprint density at radius 2 is 2.27 bits per heavy atom. The Balaban J connectivity index is 2.82. The van der Waals surface area contributed by atoms with Gasteiger partial charge in [-0.25, -0.2) is 4.79 Å². The second-order valence-electron chi connectivity index (χ2n) is 3.52. The summed E-state index contributed by atoms with van der Waals surface area (Å²) >= 11 is 0. The number of hydrogen-bond donors (Lipinski definition) is 2. The monoisotopic (exact) mass is 211 g/mol. The summed E-state index contributed by atoms with van der Waals surface area (Å²) in [6.07, 6.45) is 3.19. The minimum absolute atomic E-state index is 0.0922. The molecule has 82 valence electrons. The molecule has 0 aliphatic heterocycles. The third-order valence-corrected chi connectivity index (χ3v) is 1.96. The molecule has 0 aliphatic rings. The Morgan fingerprint density at radius 3 is 2.67 bits per heavy atom. The lowest BCUT2D eigenvalue weighted by Crippen LogP contribution is -2.54. The summed E-state index contributed by atoms with van der Waals surface area (Å²) in [5, 5.41) is 15.3. The molecule has 1 heterocycles. The van der Waals surface area contributed by atoms with Crippen molar-refractivity contribution < 1.29 is 14.7 Å². The van der Waals surface area contributed by atoms with E-state index in [0.717, 1.165) is 0 Å². The van der Waals surface area contributed by atoms with E-state index in [-0.39, 0.29) is 12.5 Å². The third-order valence-electron chi connectivity index (χ3n) is 1.96. The minimum atomic E-state index is -1.34. The summed E-state index contributed by atoms with van der Waals surface area (Å²) in [5.74, 6) is -1.47. The van der Waals surface area contributed by atoms with Crippen molar-refractivity contribution in [3.8, 4) is 0 Å². The van der Waals surface area contributed by atoms with E-state index in [4.69, 9.17) is 5.11 Å². The predicted molar refractivity (Wildman–Crippen MR) is 52.1 cm³/mol. The number of aliphatic carboxylic acids is 1. The summed E-state index contributed by atoms with van der Waals surface area (Å²) in [5.41, 5.74) is -1.34. The zero-order chi connectivity index (χ0) is 11.5. The minimum Gasteiger partial charge on any atom is -0.479 e. The van der Waals surface area contributed by atoms with Crippen LogP contribution in [0, 0.1) is 0 Å².